The minimum atomic E-state index is -0.693. The smallest absolute Gasteiger partial charge is 0.407 e. The number of nitrogens with one attached hydrogen (secondary N) is 2. The van der Waals surface area contributed by atoms with Gasteiger partial charge in [0.2, 0.25) is 5.91 Å². The summed E-state index contributed by atoms with van der Waals surface area (Å²) in [6, 6.07) is 4.93. The predicted molar refractivity (Wildman–Crippen MR) is 81.7 cm³/mol. The topological polar surface area (TPSA) is 67.4 Å². The second kappa shape index (κ2) is 8.36. The molecule has 6 heteroatoms. The number of benzene rings is 1. The standard InChI is InChI=1S/C16H23FN2O3/c1-5-22-16(21)19-14(10(2)3)15(20)18-11(4)12-6-8-13(17)9-7-12/h6-11,14H,5H2,1-4H3,(H,18,20)(H,19,21)/t11-,14-/m1/s1. The van der Waals surface area contributed by atoms with Crippen LogP contribution in [0.25, 0.3) is 0 Å². The van der Waals surface area contributed by atoms with Gasteiger partial charge in [0.15, 0.2) is 0 Å². The van der Waals surface area contributed by atoms with Gasteiger partial charge in [-0.05, 0) is 37.5 Å². The van der Waals surface area contributed by atoms with Gasteiger partial charge in [0.1, 0.15) is 11.9 Å². The minimum Gasteiger partial charge on any atom is -0.450 e. The van der Waals surface area contributed by atoms with E-state index in [1.165, 1.54) is 12.1 Å². The zero-order valence-corrected chi connectivity index (χ0v) is 13.4. The molecule has 2 N–H and O–H groups in total. The summed E-state index contributed by atoms with van der Waals surface area (Å²) in [6.07, 6.45) is -0.620. The first-order chi connectivity index (χ1) is 10.3. The summed E-state index contributed by atoms with van der Waals surface area (Å²) in [4.78, 5) is 23.8. The lowest BCUT2D eigenvalue weighted by molar-refractivity contribution is -0.124. The van der Waals surface area contributed by atoms with Crippen LogP contribution in [0.2, 0.25) is 0 Å². The second-order valence-electron chi connectivity index (χ2n) is 5.37. The maximum absolute atomic E-state index is 12.9. The average molecular weight is 310 g/mol. The van der Waals surface area contributed by atoms with Gasteiger partial charge in [-0.15, -0.1) is 0 Å². The van der Waals surface area contributed by atoms with Crippen molar-refractivity contribution in [1.82, 2.24) is 10.6 Å². The Morgan fingerprint density at radius 2 is 1.73 bits per heavy atom. The normalized spacial score (nSPS) is 13.4. The number of carbonyl (C=O) groups excluding carboxylic acids is 2. The number of carbonyl (C=O) groups is 2. The van der Waals surface area contributed by atoms with Crippen LogP contribution < -0.4 is 10.6 Å². The molecule has 0 unspecified atom stereocenters. The number of rotatable bonds is 6. The molecule has 0 aliphatic carbocycles. The van der Waals surface area contributed by atoms with E-state index in [0.717, 1.165) is 5.56 Å². The largest absolute Gasteiger partial charge is 0.450 e. The Bertz CT molecular complexity index is 503. The number of ether oxygens (including phenoxy) is 1. The van der Waals surface area contributed by atoms with Gasteiger partial charge in [-0.3, -0.25) is 4.79 Å². The van der Waals surface area contributed by atoms with Crippen LogP contribution in [0.1, 0.15) is 39.3 Å². The maximum Gasteiger partial charge on any atom is 0.407 e. The molecule has 1 rings (SSSR count). The number of hydrogen-bond acceptors (Lipinski definition) is 3. The van der Waals surface area contributed by atoms with Crippen molar-refractivity contribution < 1.29 is 18.7 Å². The lowest BCUT2D eigenvalue weighted by Crippen LogP contribution is -2.50. The number of hydrogen-bond donors (Lipinski definition) is 2. The lowest BCUT2D eigenvalue weighted by atomic mass is 10.0. The van der Waals surface area contributed by atoms with Crippen LogP contribution in [0, 0.1) is 11.7 Å². The summed E-state index contributed by atoms with van der Waals surface area (Å²) in [5.74, 6) is -0.726. The summed E-state index contributed by atoms with van der Waals surface area (Å²) in [5, 5.41) is 5.36. The van der Waals surface area contributed by atoms with E-state index in [9.17, 15) is 14.0 Å². The Kier molecular flexibility index (Phi) is 6.82. The molecule has 2 amide bonds. The fourth-order valence-electron chi connectivity index (χ4n) is 1.97. The predicted octanol–water partition coefficient (Wildman–Crippen LogP) is 2.77. The van der Waals surface area contributed by atoms with Gasteiger partial charge in [-0.25, -0.2) is 9.18 Å². The van der Waals surface area contributed by atoms with Crippen molar-refractivity contribution in [3.05, 3.63) is 35.6 Å². The van der Waals surface area contributed by atoms with Crippen molar-refractivity contribution in [3.63, 3.8) is 0 Å². The Labute approximate surface area is 130 Å². The Morgan fingerprint density at radius 3 is 2.23 bits per heavy atom. The minimum absolute atomic E-state index is 0.0928. The molecule has 0 aliphatic rings. The Morgan fingerprint density at radius 1 is 1.14 bits per heavy atom. The van der Waals surface area contributed by atoms with Crippen LogP contribution in [-0.4, -0.2) is 24.6 Å². The SMILES string of the molecule is CCOC(=O)N[C@@H](C(=O)N[C@H](C)c1ccc(F)cc1)C(C)C. The quantitative estimate of drug-likeness (QED) is 0.849. The van der Waals surface area contributed by atoms with Crippen LogP contribution in [-0.2, 0) is 9.53 Å². The van der Waals surface area contributed by atoms with Crippen molar-refractivity contribution in [2.24, 2.45) is 5.92 Å². The lowest BCUT2D eigenvalue weighted by Gasteiger charge is -2.23. The Hall–Kier alpha value is -2.11. The van der Waals surface area contributed by atoms with E-state index in [1.807, 2.05) is 13.8 Å². The molecule has 0 radical (unpaired) electrons. The molecular weight excluding hydrogens is 287 g/mol. The number of alkyl carbamates (subject to hydrolysis) is 1. The third-order valence-corrected chi connectivity index (χ3v) is 3.23. The maximum atomic E-state index is 12.9. The molecule has 0 fully saturated rings. The monoisotopic (exact) mass is 310 g/mol. The van der Waals surface area contributed by atoms with E-state index in [0.29, 0.717) is 0 Å². The van der Waals surface area contributed by atoms with Gasteiger partial charge >= 0.3 is 6.09 Å². The van der Waals surface area contributed by atoms with Gasteiger partial charge in [0, 0.05) is 0 Å². The Balaban J connectivity index is 2.70. The van der Waals surface area contributed by atoms with Gasteiger partial charge in [-0.2, -0.15) is 0 Å². The molecule has 1 aromatic carbocycles. The highest BCUT2D eigenvalue weighted by atomic mass is 19.1. The molecule has 5 nitrogen and oxygen atoms in total. The van der Waals surface area contributed by atoms with Crippen LogP contribution >= 0.6 is 0 Å². The summed E-state index contributed by atoms with van der Waals surface area (Å²) in [7, 11) is 0. The van der Waals surface area contributed by atoms with Gasteiger partial charge < -0.3 is 15.4 Å². The molecular formula is C16H23FN2O3. The van der Waals surface area contributed by atoms with Crippen molar-refractivity contribution >= 4 is 12.0 Å². The molecule has 122 valence electrons. The molecule has 0 bridgehead atoms. The molecule has 0 aromatic heterocycles. The molecule has 0 saturated carbocycles. The third-order valence-electron chi connectivity index (χ3n) is 3.23. The molecule has 22 heavy (non-hydrogen) atoms. The zero-order valence-electron chi connectivity index (χ0n) is 13.4. The first-order valence-corrected chi connectivity index (χ1v) is 7.34. The van der Waals surface area contributed by atoms with Gasteiger partial charge in [-0.1, -0.05) is 26.0 Å². The van der Waals surface area contributed by atoms with E-state index >= 15 is 0 Å². The first-order valence-electron chi connectivity index (χ1n) is 7.34. The molecule has 0 heterocycles. The molecule has 0 aliphatic heterocycles. The van der Waals surface area contributed by atoms with Crippen LogP contribution in [0.5, 0.6) is 0 Å². The molecule has 0 spiro atoms. The highest BCUT2D eigenvalue weighted by Gasteiger charge is 2.25. The average Bonchev–Trinajstić information content (AvgIpc) is 2.45. The van der Waals surface area contributed by atoms with E-state index < -0.39 is 12.1 Å². The fraction of sp³-hybridized carbons (Fsp3) is 0.500. The highest BCUT2D eigenvalue weighted by molar-refractivity contribution is 5.86. The van der Waals surface area contributed by atoms with Crippen molar-refractivity contribution in [1.29, 1.82) is 0 Å². The van der Waals surface area contributed by atoms with E-state index in [-0.39, 0.29) is 30.3 Å². The number of halogens is 1. The van der Waals surface area contributed by atoms with E-state index in [4.69, 9.17) is 4.74 Å². The molecule has 1 aromatic rings. The van der Waals surface area contributed by atoms with Crippen molar-refractivity contribution in [2.45, 2.75) is 39.8 Å². The number of amides is 2. The summed E-state index contributed by atoms with van der Waals surface area (Å²) < 4.78 is 17.7. The van der Waals surface area contributed by atoms with E-state index in [2.05, 4.69) is 10.6 Å². The highest BCUT2D eigenvalue weighted by Crippen LogP contribution is 2.14. The third kappa shape index (κ3) is 5.35. The van der Waals surface area contributed by atoms with Crippen molar-refractivity contribution in [3.8, 4) is 0 Å². The molecule has 0 saturated heterocycles. The fourth-order valence-corrected chi connectivity index (χ4v) is 1.97. The van der Waals surface area contributed by atoms with E-state index in [1.54, 1.807) is 26.0 Å². The van der Waals surface area contributed by atoms with Gasteiger partial charge in [0.05, 0.1) is 12.6 Å². The van der Waals surface area contributed by atoms with Gasteiger partial charge in [0.25, 0.3) is 0 Å². The second-order valence-corrected chi connectivity index (χ2v) is 5.37. The summed E-state index contributed by atoms with van der Waals surface area (Å²) in [6.45, 7) is 7.40. The summed E-state index contributed by atoms with van der Waals surface area (Å²) >= 11 is 0. The first kappa shape index (κ1) is 17.9. The van der Waals surface area contributed by atoms with Crippen LogP contribution in [0.4, 0.5) is 9.18 Å². The zero-order chi connectivity index (χ0) is 16.7. The summed E-state index contributed by atoms with van der Waals surface area (Å²) in [5.41, 5.74) is 0.786. The van der Waals surface area contributed by atoms with Crippen LogP contribution in [0.3, 0.4) is 0 Å². The molecule has 2 atom stereocenters. The van der Waals surface area contributed by atoms with Crippen molar-refractivity contribution in [2.75, 3.05) is 6.61 Å². The van der Waals surface area contributed by atoms with Crippen LogP contribution in [0.15, 0.2) is 24.3 Å².